The summed E-state index contributed by atoms with van der Waals surface area (Å²) in [6.07, 6.45) is -3.62. The highest BCUT2D eigenvalue weighted by molar-refractivity contribution is 7.17. The highest BCUT2D eigenvalue weighted by atomic mass is 32.1. The third-order valence-electron chi connectivity index (χ3n) is 1.33. The molecule has 1 aromatic rings. The maximum absolute atomic E-state index is 11.7. The molecule has 0 amide bonds. The second-order valence-electron chi connectivity index (χ2n) is 2.60. The molecular formula is C7H9F3N2OS. The number of hydrogen-bond acceptors (Lipinski definition) is 4. The molecule has 0 fully saturated rings. The van der Waals surface area contributed by atoms with Crippen LogP contribution < -0.4 is 10.5 Å². The van der Waals surface area contributed by atoms with Gasteiger partial charge >= 0.3 is 6.18 Å². The molecule has 0 aliphatic rings. The van der Waals surface area contributed by atoms with Gasteiger partial charge in [-0.05, 0) is 6.42 Å². The predicted octanol–water partition coefficient (Wildman–Crippen LogP) is 2.45. The molecule has 0 atom stereocenters. The number of hydrogen-bond donors (Lipinski definition) is 1. The van der Waals surface area contributed by atoms with Crippen molar-refractivity contribution < 1.29 is 17.9 Å². The molecule has 0 aliphatic heterocycles. The number of halogens is 3. The first-order valence-electron chi connectivity index (χ1n) is 3.88. The quantitative estimate of drug-likeness (QED) is 0.802. The van der Waals surface area contributed by atoms with Crippen LogP contribution in [-0.4, -0.2) is 17.8 Å². The van der Waals surface area contributed by atoms with E-state index in [1.165, 1.54) is 6.20 Å². The molecule has 14 heavy (non-hydrogen) atoms. The number of thiazole rings is 1. The fourth-order valence-corrected chi connectivity index (χ4v) is 1.32. The van der Waals surface area contributed by atoms with E-state index in [4.69, 9.17) is 10.5 Å². The first kappa shape index (κ1) is 11.1. The topological polar surface area (TPSA) is 48.1 Å². The maximum Gasteiger partial charge on any atom is 0.389 e. The Labute approximate surface area is 82.7 Å². The van der Waals surface area contributed by atoms with E-state index in [9.17, 15) is 13.2 Å². The lowest BCUT2D eigenvalue weighted by molar-refractivity contribution is -0.136. The fourth-order valence-electron chi connectivity index (χ4n) is 0.769. The largest absolute Gasteiger partial charge is 0.470 e. The van der Waals surface area contributed by atoms with E-state index in [0.717, 1.165) is 11.3 Å². The smallest absolute Gasteiger partial charge is 0.389 e. The van der Waals surface area contributed by atoms with E-state index in [2.05, 4.69) is 4.98 Å². The minimum absolute atomic E-state index is 0.00641. The molecule has 0 aromatic carbocycles. The van der Waals surface area contributed by atoms with Crippen LogP contribution in [0.4, 0.5) is 18.2 Å². The Hall–Kier alpha value is -0.980. The van der Waals surface area contributed by atoms with Crippen LogP contribution in [0.5, 0.6) is 5.19 Å². The SMILES string of the molecule is Nc1cnc(OCCCC(F)(F)F)s1. The predicted molar refractivity (Wildman–Crippen MR) is 47.3 cm³/mol. The first-order valence-corrected chi connectivity index (χ1v) is 4.70. The summed E-state index contributed by atoms with van der Waals surface area (Å²) in [5.74, 6) is 0. The van der Waals surface area contributed by atoms with Gasteiger partial charge in [0.1, 0.15) is 5.00 Å². The Bertz CT molecular complexity index is 287. The standard InChI is InChI=1S/C7H9F3N2OS/c8-7(9,10)2-1-3-13-6-12-4-5(11)14-6/h4H,1-3,11H2. The van der Waals surface area contributed by atoms with Gasteiger partial charge in [0.05, 0.1) is 12.8 Å². The van der Waals surface area contributed by atoms with Crippen molar-refractivity contribution in [2.24, 2.45) is 0 Å². The van der Waals surface area contributed by atoms with Crippen LogP contribution in [0.1, 0.15) is 12.8 Å². The molecule has 0 radical (unpaired) electrons. The summed E-state index contributed by atoms with van der Waals surface area (Å²) in [7, 11) is 0. The van der Waals surface area contributed by atoms with Gasteiger partial charge in [0.15, 0.2) is 0 Å². The van der Waals surface area contributed by atoms with Gasteiger partial charge in [-0.3, -0.25) is 0 Å². The van der Waals surface area contributed by atoms with Crippen molar-refractivity contribution in [3.05, 3.63) is 6.20 Å². The number of nitrogens with two attached hydrogens (primary N) is 1. The molecule has 0 bridgehead atoms. The first-order chi connectivity index (χ1) is 6.47. The summed E-state index contributed by atoms with van der Waals surface area (Å²) in [4.78, 5) is 3.74. The Morgan fingerprint density at radius 2 is 2.21 bits per heavy atom. The van der Waals surface area contributed by atoms with Gasteiger partial charge in [0, 0.05) is 6.42 Å². The van der Waals surface area contributed by atoms with Crippen LogP contribution in [0.3, 0.4) is 0 Å². The number of ether oxygens (including phenoxy) is 1. The van der Waals surface area contributed by atoms with Crippen molar-refractivity contribution in [3.8, 4) is 5.19 Å². The lowest BCUT2D eigenvalue weighted by Crippen LogP contribution is -2.09. The summed E-state index contributed by atoms with van der Waals surface area (Å²) in [5.41, 5.74) is 5.35. The normalized spacial score (nSPS) is 11.6. The van der Waals surface area contributed by atoms with Crippen molar-refractivity contribution in [2.75, 3.05) is 12.3 Å². The maximum atomic E-state index is 11.7. The van der Waals surface area contributed by atoms with Crippen LogP contribution in [0.25, 0.3) is 0 Å². The van der Waals surface area contributed by atoms with E-state index < -0.39 is 12.6 Å². The van der Waals surface area contributed by atoms with Gasteiger partial charge in [0.25, 0.3) is 5.19 Å². The molecule has 0 saturated carbocycles. The van der Waals surface area contributed by atoms with Crippen molar-refractivity contribution in [3.63, 3.8) is 0 Å². The zero-order valence-electron chi connectivity index (χ0n) is 7.17. The fraction of sp³-hybridized carbons (Fsp3) is 0.571. The summed E-state index contributed by atoms with van der Waals surface area (Å²) in [6.45, 7) is 0.00641. The van der Waals surface area contributed by atoms with E-state index in [0.29, 0.717) is 10.2 Å². The van der Waals surface area contributed by atoms with E-state index in [1.807, 2.05) is 0 Å². The van der Waals surface area contributed by atoms with Crippen LogP contribution in [0, 0.1) is 0 Å². The van der Waals surface area contributed by atoms with Gasteiger partial charge < -0.3 is 10.5 Å². The molecule has 0 aliphatic carbocycles. The highest BCUT2D eigenvalue weighted by Gasteiger charge is 2.26. The molecule has 80 valence electrons. The van der Waals surface area contributed by atoms with Crippen LogP contribution in [0.2, 0.25) is 0 Å². The number of alkyl halides is 3. The Morgan fingerprint density at radius 3 is 2.71 bits per heavy atom. The number of nitrogen functional groups attached to an aromatic ring is 1. The molecular weight excluding hydrogens is 217 g/mol. The second-order valence-corrected chi connectivity index (χ2v) is 3.62. The van der Waals surface area contributed by atoms with Crippen LogP contribution in [0.15, 0.2) is 6.20 Å². The molecule has 0 saturated heterocycles. The third-order valence-corrected chi connectivity index (χ3v) is 2.07. The summed E-state index contributed by atoms with van der Waals surface area (Å²) >= 11 is 1.11. The van der Waals surface area contributed by atoms with Crippen molar-refractivity contribution >= 4 is 16.3 Å². The van der Waals surface area contributed by atoms with Crippen molar-refractivity contribution in [1.29, 1.82) is 0 Å². The summed E-state index contributed by atoms with van der Waals surface area (Å²) in [5, 5.41) is 0.792. The summed E-state index contributed by atoms with van der Waals surface area (Å²) < 4.78 is 40.0. The zero-order chi connectivity index (χ0) is 10.6. The number of aromatic nitrogens is 1. The number of anilines is 1. The van der Waals surface area contributed by atoms with E-state index in [1.54, 1.807) is 0 Å². The number of rotatable bonds is 4. The number of nitrogens with zero attached hydrogens (tertiary/aromatic N) is 1. The minimum atomic E-state index is -4.12. The third kappa shape index (κ3) is 4.31. The van der Waals surface area contributed by atoms with Crippen molar-refractivity contribution in [2.45, 2.75) is 19.0 Å². The molecule has 0 spiro atoms. The zero-order valence-corrected chi connectivity index (χ0v) is 7.99. The summed E-state index contributed by atoms with van der Waals surface area (Å²) in [6, 6.07) is 0. The lowest BCUT2D eigenvalue weighted by Gasteiger charge is -2.05. The molecule has 7 heteroatoms. The molecule has 1 heterocycles. The molecule has 3 nitrogen and oxygen atoms in total. The van der Waals surface area contributed by atoms with Crippen LogP contribution >= 0.6 is 11.3 Å². The van der Waals surface area contributed by atoms with E-state index >= 15 is 0 Å². The Balaban J connectivity index is 2.16. The van der Waals surface area contributed by atoms with Gasteiger partial charge in [-0.15, -0.1) is 0 Å². The average Bonchev–Trinajstić information content (AvgIpc) is 2.44. The van der Waals surface area contributed by atoms with E-state index in [-0.39, 0.29) is 13.0 Å². The second kappa shape index (κ2) is 4.50. The van der Waals surface area contributed by atoms with Crippen molar-refractivity contribution in [1.82, 2.24) is 4.98 Å². The van der Waals surface area contributed by atoms with Gasteiger partial charge in [-0.2, -0.15) is 13.2 Å². The average molecular weight is 226 g/mol. The lowest BCUT2D eigenvalue weighted by atomic mass is 10.3. The highest BCUT2D eigenvalue weighted by Crippen LogP contribution is 2.24. The van der Waals surface area contributed by atoms with Crippen LogP contribution in [-0.2, 0) is 0 Å². The van der Waals surface area contributed by atoms with Gasteiger partial charge in [-0.25, -0.2) is 4.98 Å². The molecule has 1 rings (SSSR count). The monoisotopic (exact) mass is 226 g/mol. The van der Waals surface area contributed by atoms with Gasteiger partial charge in [0.2, 0.25) is 0 Å². The Morgan fingerprint density at radius 1 is 1.50 bits per heavy atom. The van der Waals surface area contributed by atoms with Gasteiger partial charge in [-0.1, -0.05) is 11.3 Å². The minimum Gasteiger partial charge on any atom is -0.470 e. The molecule has 2 N–H and O–H groups in total. The molecule has 0 unspecified atom stereocenters. The Kier molecular flexibility index (Phi) is 3.56. The molecule has 1 aromatic heterocycles.